The zero-order chi connectivity index (χ0) is 11.5. The zero-order valence-corrected chi connectivity index (χ0v) is 9.80. The van der Waals surface area contributed by atoms with Crippen LogP contribution in [-0.2, 0) is 0 Å². The third-order valence-corrected chi connectivity index (χ3v) is 2.88. The molecule has 0 spiro atoms. The number of hydrogen-bond acceptors (Lipinski definition) is 2. The number of nitrogens with zero attached hydrogens (tertiary/aromatic N) is 2. The largest absolute Gasteiger partial charge is 0.326 e. The van der Waals surface area contributed by atoms with E-state index in [0.29, 0.717) is 0 Å². The highest BCUT2D eigenvalue weighted by molar-refractivity contribution is 6.31. The molecule has 0 fully saturated rings. The molecule has 2 N–H and O–H groups in total. The first-order valence-corrected chi connectivity index (χ1v) is 5.57. The molecular weight excluding hydrogens is 222 g/mol. The first-order valence-electron chi connectivity index (χ1n) is 5.19. The van der Waals surface area contributed by atoms with Gasteiger partial charge in [-0.1, -0.05) is 29.8 Å². The maximum Gasteiger partial charge on any atom is 0.0930 e. The van der Waals surface area contributed by atoms with E-state index < -0.39 is 0 Å². The fourth-order valence-electron chi connectivity index (χ4n) is 1.83. The van der Waals surface area contributed by atoms with Crippen LogP contribution in [0.1, 0.15) is 18.5 Å². The molecule has 0 amide bonds. The van der Waals surface area contributed by atoms with Gasteiger partial charge >= 0.3 is 0 Å². The van der Waals surface area contributed by atoms with Crippen molar-refractivity contribution in [3.63, 3.8) is 0 Å². The fourth-order valence-corrected chi connectivity index (χ4v) is 2.07. The number of nitrogens with two attached hydrogens (primary N) is 1. The molecule has 1 aromatic carbocycles. The summed E-state index contributed by atoms with van der Waals surface area (Å²) in [4.78, 5) is 0. The van der Waals surface area contributed by atoms with Crippen LogP contribution >= 0.6 is 11.6 Å². The summed E-state index contributed by atoms with van der Waals surface area (Å²) in [6.45, 7) is 1.95. The van der Waals surface area contributed by atoms with Crippen molar-refractivity contribution in [1.29, 1.82) is 0 Å². The van der Waals surface area contributed by atoms with E-state index >= 15 is 0 Å². The molecule has 0 radical (unpaired) electrons. The Hall–Kier alpha value is -1.32. The van der Waals surface area contributed by atoms with Crippen LogP contribution in [0.4, 0.5) is 0 Å². The van der Waals surface area contributed by atoms with Crippen LogP contribution in [0, 0.1) is 0 Å². The number of aromatic nitrogens is 2. The Morgan fingerprint density at radius 3 is 2.62 bits per heavy atom. The second-order valence-electron chi connectivity index (χ2n) is 3.81. The maximum absolute atomic E-state index is 6.18. The minimum Gasteiger partial charge on any atom is -0.326 e. The molecular formula is C12H14ClN3. The number of rotatable bonds is 3. The van der Waals surface area contributed by atoms with Crippen molar-refractivity contribution in [2.24, 2.45) is 5.73 Å². The standard InChI is InChI=1S/C12H14ClN3/c1-9(14)12(16-8-4-7-15-16)10-5-2-3-6-11(10)13/h2-9,12H,14H2,1H3/t9-,12+/m1/s1. The van der Waals surface area contributed by atoms with Gasteiger partial charge in [-0.15, -0.1) is 0 Å². The fraction of sp³-hybridized carbons (Fsp3) is 0.250. The molecule has 0 aliphatic rings. The van der Waals surface area contributed by atoms with Crippen LogP contribution in [0.2, 0.25) is 5.02 Å². The van der Waals surface area contributed by atoms with Crippen LogP contribution in [-0.4, -0.2) is 15.8 Å². The van der Waals surface area contributed by atoms with E-state index in [2.05, 4.69) is 5.10 Å². The zero-order valence-electron chi connectivity index (χ0n) is 9.05. The molecule has 84 valence electrons. The van der Waals surface area contributed by atoms with E-state index in [1.165, 1.54) is 0 Å². The maximum atomic E-state index is 6.18. The Kier molecular flexibility index (Phi) is 3.27. The van der Waals surface area contributed by atoms with Crippen LogP contribution < -0.4 is 5.73 Å². The molecule has 2 rings (SSSR count). The van der Waals surface area contributed by atoms with Crippen molar-refractivity contribution < 1.29 is 0 Å². The lowest BCUT2D eigenvalue weighted by atomic mass is 10.0. The predicted molar refractivity (Wildman–Crippen MR) is 65.5 cm³/mol. The summed E-state index contributed by atoms with van der Waals surface area (Å²) in [6, 6.07) is 9.52. The van der Waals surface area contributed by atoms with Gasteiger partial charge in [-0.25, -0.2) is 0 Å². The van der Waals surface area contributed by atoms with Crippen LogP contribution in [0.25, 0.3) is 0 Å². The minimum atomic E-state index is -0.0557. The summed E-state index contributed by atoms with van der Waals surface area (Å²) in [5.41, 5.74) is 7.01. The molecule has 3 nitrogen and oxygen atoms in total. The third-order valence-electron chi connectivity index (χ3n) is 2.53. The van der Waals surface area contributed by atoms with Crippen LogP contribution in [0.3, 0.4) is 0 Å². The average Bonchev–Trinajstić information content (AvgIpc) is 2.74. The Morgan fingerprint density at radius 1 is 1.31 bits per heavy atom. The SMILES string of the molecule is C[C@@H](N)[C@@H](c1ccccc1Cl)n1cccn1. The highest BCUT2D eigenvalue weighted by Crippen LogP contribution is 2.27. The van der Waals surface area contributed by atoms with Gasteiger partial charge in [-0.2, -0.15) is 5.10 Å². The van der Waals surface area contributed by atoms with Gasteiger partial charge in [-0.05, 0) is 24.6 Å². The lowest BCUT2D eigenvalue weighted by Gasteiger charge is -2.22. The molecule has 0 saturated heterocycles. The van der Waals surface area contributed by atoms with Gasteiger partial charge in [0.1, 0.15) is 0 Å². The number of hydrogen-bond donors (Lipinski definition) is 1. The quantitative estimate of drug-likeness (QED) is 0.888. The molecule has 2 atom stereocenters. The molecule has 1 heterocycles. The summed E-state index contributed by atoms with van der Waals surface area (Å²) >= 11 is 6.18. The van der Waals surface area contributed by atoms with E-state index in [1.54, 1.807) is 6.20 Å². The Labute approximate surface area is 99.8 Å². The lowest BCUT2D eigenvalue weighted by Crippen LogP contribution is -2.30. The molecule has 0 saturated carbocycles. The van der Waals surface area contributed by atoms with Gasteiger partial charge in [0.2, 0.25) is 0 Å². The van der Waals surface area contributed by atoms with Gasteiger partial charge in [-0.3, -0.25) is 4.68 Å². The van der Waals surface area contributed by atoms with Gasteiger partial charge in [0.25, 0.3) is 0 Å². The second-order valence-corrected chi connectivity index (χ2v) is 4.22. The molecule has 4 heteroatoms. The normalized spacial score (nSPS) is 14.7. The van der Waals surface area contributed by atoms with E-state index in [1.807, 2.05) is 48.1 Å². The Balaban J connectivity index is 2.45. The highest BCUT2D eigenvalue weighted by atomic mass is 35.5. The van der Waals surface area contributed by atoms with E-state index in [9.17, 15) is 0 Å². The van der Waals surface area contributed by atoms with Gasteiger partial charge < -0.3 is 5.73 Å². The lowest BCUT2D eigenvalue weighted by molar-refractivity contribution is 0.454. The van der Waals surface area contributed by atoms with Crippen molar-refractivity contribution in [1.82, 2.24) is 9.78 Å². The van der Waals surface area contributed by atoms with Crippen molar-refractivity contribution in [3.8, 4) is 0 Å². The Bertz CT molecular complexity index is 451. The van der Waals surface area contributed by atoms with Crippen LogP contribution in [0.15, 0.2) is 42.7 Å². The summed E-state index contributed by atoms with van der Waals surface area (Å²) in [6.07, 6.45) is 3.64. The average molecular weight is 236 g/mol. The molecule has 0 unspecified atom stereocenters. The topological polar surface area (TPSA) is 43.8 Å². The molecule has 1 aromatic heterocycles. The molecule has 16 heavy (non-hydrogen) atoms. The van der Waals surface area contributed by atoms with Crippen molar-refractivity contribution in [2.45, 2.75) is 19.0 Å². The van der Waals surface area contributed by atoms with E-state index in [0.717, 1.165) is 10.6 Å². The third kappa shape index (κ3) is 2.10. The second kappa shape index (κ2) is 4.68. The van der Waals surface area contributed by atoms with Crippen molar-refractivity contribution >= 4 is 11.6 Å². The van der Waals surface area contributed by atoms with Gasteiger partial charge in [0, 0.05) is 23.5 Å². The molecule has 0 bridgehead atoms. The monoisotopic (exact) mass is 235 g/mol. The summed E-state index contributed by atoms with van der Waals surface area (Å²) < 4.78 is 1.84. The summed E-state index contributed by atoms with van der Waals surface area (Å²) in [7, 11) is 0. The number of halogens is 1. The minimum absolute atomic E-state index is 0.0244. The smallest absolute Gasteiger partial charge is 0.0930 e. The first kappa shape index (κ1) is 11.2. The molecule has 0 aliphatic carbocycles. The van der Waals surface area contributed by atoms with Gasteiger partial charge in [0.15, 0.2) is 0 Å². The van der Waals surface area contributed by atoms with Crippen molar-refractivity contribution in [2.75, 3.05) is 0 Å². The molecule has 0 aliphatic heterocycles. The summed E-state index contributed by atoms with van der Waals surface area (Å²) in [5.74, 6) is 0. The van der Waals surface area contributed by atoms with Gasteiger partial charge in [0.05, 0.1) is 6.04 Å². The molecule has 2 aromatic rings. The Morgan fingerprint density at radius 2 is 2.06 bits per heavy atom. The predicted octanol–water partition coefficient (Wildman–Crippen LogP) is 2.47. The number of benzene rings is 1. The van der Waals surface area contributed by atoms with E-state index in [4.69, 9.17) is 17.3 Å². The highest BCUT2D eigenvalue weighted by Gasteiger charge is 2.20. The summed E-state index contributed by atoms with van der Waals surface area (Å²) in [5, 5.41) is 4.96. The van der Waals surface area contributed by atoms with Crippen molar-refractivity contribution in [3.05, 3.63) is 53.3 Å². The van der Waals surface area contributed by atoms with Crippen LogP contribution in [0.5, 0.6) is 0 Å². The first-order chi connectivity index (χ1) is 7.70. The van der Waals surface area contributed by atoms with E-state index in [-0.39, 0.29) is 12.1 Å².